The van der Waals surface area contributed by atoms with E-state index in [0.717, 1.165) is 5.56 Å². The number of hydrogen-bond donors (Lipinski definition) is 1. The molecule has 0 bridgehead atoms. The molecule has 98 valence electrons. The van der Waals surface area contributed by atoms with Gasteiger partial charge in [-0.1, -0.05) is 6.07 Å². The Balaban J connectivity index is 2.59. The largest absolute Gasteiger partial charge is 0.490 e. The molecule has 0 unspecified atom stereocenters. The molecule has 0 aliphatic heterocycles. The fourth-order valence-corrected chi connectivity index (χ4v) is 1.36. The van der Waals surface area contributed by atoms with Crippen molar-refractivity contribution in [3.8, 4) is 18.1 Å². The Hall–Kier alpha value is -1.53. The van der Waals surface area contributed by atoms with Gasteiger partial charge in [0.15, 0.2) is 11.6 Å². The number of terminal acetylenes is 1. The van der Waals surface area contributed by atoms with Crippen molar-refractivity contribution in [3.63, 3.8) is 0 Å². The molecule has 0 heterocycles. The van der Waals surface area contributed by atoms with Crippen LogP contribution in [0.1, 0.15) is 32.8 Å². The summed E-state index contributed by atoms with van der Waals surface area (Å²) in [5.74, 6) is 2.36. The molecule has 0 aromatic heterocycles. The predicted octanol–water partition coefficient (Wildman–Crippen LogP) is 3.12. The fourth-order valence-electron chi connectivity index (χ4n) is 1.36. The van der Waals surface area contributed by atoms with Crippen LogP contribution in [-0.2, 0) is 6.54 Å². The summed E-state index contributed by atoms with van der Waals surface area (Å²) in [5.41, 5.74) is 0.907. The molecule has 3 heteroatoms. The van der Waals surface area contributed by atoms with Crippen LogP contribution >= 0.6 is 0 Å². The zero-order chi connectivity index (χ0) is 13.6. The van der Waals surface area contributed by atoms with Gasteiger partial charge in [0.2, 0.25) is 0 Å². The Labute approximate surface area is 109 Å². The standard InChI is InChI=1S/C15H20FNO/c1-5-6-9-18-14-8-7-12(10-13(14)16)11-17-15(2,3)4/h1,7-8,10,17H,6,9,11H2,2-4H3. The van der Waals surface area contributed by atoms with Crippen LogP contribution in [0.5, 0.6) is 5.75 Å². The van der Waals surface area contributed by atoms with Crippen LogP contribution in [-0.4, -0.2) is 12.1 Å². The maximum absolute atomic E-state index is 13.7. The van der Waals surface area contributed by atoms with Gasteiger partial charge in [-0.05, 0) is 38.5 Å². The molecule has 2 nitrogen and oxygen atoms in total. The number of benzene rings is 1. The van der Waals surface area contributed by atoms with Crippen molar-refractivity contribution in [2.45, 2.75) is 39.3 Å². The molecule has 1 N–H and O–H groups in total. The quantitative estimate of drug-likeness (QED) is 0.639. The summed E-state index contributed by atoms with van der Waals surface area (Å²) in [4.78, 5) is 0. The van der Waals surface area contributed by atoms with Crippen molar-refractivity contribution in [2.75, 3.05) is 6.61 Å². The molecular formula is C15H20FNO. The highest BCUT2D eigenvalue weighted by Crippen LogP contribution is 2.18. The molecule has 0 saturated heterocycles. The Kier molecular flexibility index (Phi) is 5.18. The van der Waals surface area contributed by atoms with Crippen molar-refractivity contribution in [1.29, 1.82) is 0 Å². The zero-order valence-electron chi connectivity index (χ0n) is 11.2. The van der Waals surface area contributed by atoms with Gasteiger partial charge in [0.1, 0.15) is 0 Å². The second-order valence-corrected chi connectivity index (χ2v) is 5.17. The molecule has 0 spiro atoms. The van der Waals surface area contributed by atoms with Gasteiger partial charge in [-0.2, -0.15) is 0 Å². The van der Waals surface area contributed by atoms with E-state index in [1.807, 2.05) is 6.07 Å². The Bertz CT molecular complexity index is 429. The molecule has 0 radical (unpaired) electrons. The zero-order valence-corrected chi connectivity index (χ0v) is 11.2. The highest BCUT2D eigenvalue weighted by atomic mass is 19.1. The first kappa shape index (κ1) is 14.5. The Morgan fingerprint density at radius 3 is 2.67 bits per heavy atom. The molecule has 18 heavy (non-hydrogen) atoms. The van der Waals surface area contributed by atoms with Gasteiger partial charge in [-0.15, -0.1) is 12.3 Å². The van der Waals surface area contributed by atoms with Crippen molar-refractivity contribution in [2.24, 2.45) is 0 Å². The lowest BCUT2D eigenvalue weighted by atomic mass is 10.1. The van der Waals surface area contributed by atoms with E-state index in [2.05, 4.69) is 32.0 Å². The predicted molar refractivity (Wildman–Crippen MR) is 71.9 cm³/mol. The summed E-state index contributed by atoms with van der Waals surface area (Å²) in [6.07, 6.45) is 5.58. The molecule has 0 saturated carbocycles. The van der Waals surface area contributed by atoms with Gasteiger partial charge in [0.05, 0.1) is 6.61 Å². The van der Waals surface area contributed by atoms with E-state index < -0.39 is 0 Å². The number of halogens is 1. The number of rotatable bonds is 5. The minimum absolute atomic E-state index is 0.0123. The molecule has 1 aromatic rings. The Morgan fingerprint density at radius 2 is 2.11 bits per heavy atom. The first-order chi connectivity index (χ1) is 8.42. The van der Waals surface area contributed by atoms with Gasteiger partial charge in [0.25, 0.3) is 0 Å². The summed E-state index contributed by atoms with van der Waals surface area (Å²) in [5, 5.41) is 3.30. The van der Waals surface area contributed by atoms with E-state index in [9.17, 15) is 4.39 Å². The van der Waals surface area contributed by atoms with Crippen LogP contribution in [0.3, 0.4) is 0 Å². The van der Waals surface area contributed by atoms with Crippen LogP contribution in [0.25, 0.3) is 0 Å². The first-order valence-corrected chi connectivity index (χ1v) is 6.02. The minimum atomic E-state index is -0.347. The van der Waals surface area contributed by atoms with Crippen molar-refractivity contribution >= 4 is 0 Å². The van der Waals surface area contributed by atoms with Gasteiger partial charge in [-0.3, -0.25) is 0 Å². The average molecular weight is 249 g/mol. The summed E-state index contributed by atoms with van der Waals surface area (Å²) < 4.78 is 18.9. The third kappa shape index (κ3) is 5.20. The molecule has 0 aliphatic carbocycles. The van der Waals surface area contributed by atoms with E-state index in [-0.39, 0.29) is 17.1 Å². The third-order valence-electron chi connectivity index (χ3n) is 2.32. The summed E-state index contributed by atoms with van der Waals surface area (Å²) in [7, 11) is 0. The van der Waals surface area contributed by atoms with Crippen LogP contribution in [0.15, 0.2) is 18.2 Å². The summed E-state index contributed by atoms with van der Waals surface area (Å²) in [6, 6.07) is 4.99. The van der Waals surface area contributed by atoms with Crippen LogP contribution in [0, 0.1) is 18.2 Å². The minimum Gasteiger partial charge on any atom is -0.490 e. The topological polar surface area (TPSA) is 21.3 Å². The lowest BCUT2D eigenvalue weighted by molar-refractivity contribution is 0.309. The van der Waals surface area contributed by atoms with Gasteiger partial charge in [-0.25, -0.2) is 4.39 Å². The average Bonchev–Trinajstić information content (AvgIpc) is 2.28. The van der Waals surface area contributed by atoms with E-state index in [1.54, 1.807) is 6.07 Å². The smallest absolute Gasteiger partial charge is 0.165 e. The third-order valence-corrected chi connectivity index (χ3v) is 2.32. The number of nitrogens with one attached hydrogen (secondary N) is 1. The summed E-state index contributed by atoms with van der Waals surface area (Å²) >= 11 is 0. The first-order valence-electron chi connectivity index (χ1n) is 6.02. The number of hydrogen-bond acceptors (Lipinski definition) is 2. The van der Waals surface area contributed by atoms with Crippen molar-refractivity contribution < 1.29 is 9.13 Å². The monoisotopic (exact) mass is 249 g/mol. The molecule has 1 rings (SSSR count). The summed E-state index contributed by atoms with van der Waals surface area (Å²) in [6.45, 7) is 7.18. The van der Waals surface area contributed by atoms with Gasteiger partial charge < -0.3 is 10.1 Å². The van der Waals surface area contributed by atoms with Gasteiger partial charge >= 0.3 is 0 Å². The van der Waals surface area contributed by atoms with Crippen LogP contribution < -0.4 is 10.1 Å². The maximum Gasteiger partial charge on any atom is 0.165 e. The van der Waals surface area contributed by atoms with Crippen LogP contribution in [0.4, 0.5) is 4.39 Å². The van der Waals surface area contributed by atoms with E-state index in [0.29, 0.717) is 19.6 Å². The number of ether oxygens (including phenoxy) is 1. The van der Waals surface area contributed by atoms with Crippen molar-refractivity contribution in [1.82, 2.24) is 5.32 Å². The van der Waals surface area contributed by atoms with E-state index >= 15 is 0 Å². The molecule has 0 amide bonds. The highest BCUT2D eigenvalue weighted by Gasteiger charge is 2.10. The van der Waals surface area contributed by atoms with E-state index in [4.69, 9.17) is 11.2 Å². The lowest BCUT2D eigenvalue weighted by Crippen LogP contribution is -2.35. The Morgan fingerprint density at radius 1 is 1.39 bits per heavy atom. The SMILES string of the molecule is C#CCCOc1ccc(CNC(C)(C)C)cc1F. The van der Waals surface area contributed by atoms with Crippen LogP contribution in [0.2, 0.25) is 0 Å². The molecular weight excluding hydrogens is 229 g/mol. The second-order valence-electron chi connectivity index (χ2n) is 5.17. The highest BCUT2D eigenvalue weighted by molar-refractivity contribution is 5.29. The molecule has 1 aromatic carbocycles. The molecule has 0 atom stereocenters. The second kappa shape index (κ2) is 6.42. The normalized spacial score (nSPS) is 11.1. The van der Waals surface area contributed by atoms with E-state index in [1.165, 1.54) is 6.07 Å². The van der Waals surface area contributed by atoms with Crippen molar-refractivity contribution in [3.05, 3.63) is 29.6 Å². The molecule has 0 fully saturated rings. The fraction of sp³-hybridized carbons (Fsp3) is 0.467. The molecule has 0 aliphatic rings. The van der Waals surface area contributed by atoms with Gasteiger partial charge in [0, 0.05) is 18.5 Å². The lowest BCUT2D eigenvalue weighted by Gasteiger charge is -2.20. The maximum atomic E-state index is 13.7.